The Kier molecular flexibility index (Phi) is 4.72. The SMILES string of the molecule is COC(=O)c1cc(-c2ccccc2)nn1CC(O)c1ccccc1. The van der Waals surface area contributed by atoms with Gasteiger partial charge in [0, 0.05) is 5.56 Å². The van der Waals surface area contributed by atoms with Gasteiger partial charge in [0.15, 0.2) is 0 Å². The molecule has 1 atom stereocenters. The molecule has 2 aromatic carbocycles. The van der Waals surface area contributed by atoms with Crippen LogP contribution in [-0.4, -0.2) is 28.0 Å². The first kappa shape index (κ1) is 16.0. The molecule has 0 aliphatic carbocycles. The normalized spacial score (nSPS) is 11.9. The van der Waals surface area contributed by atoms with Crippen LogP contribution in [0.4, 0.5) is 0 Å². The quantitative estimate of drug-likeness (QED) is 0.733. The lowest BCUT2D eigenvalue weighted by Gasteiger charge is -2.12. The molecule has 3 aromatic rings. The van der Waals surface area contributed by atoms with E-state index in [1.165, 1.54) is 11.8 Å². The molecular formula is C19H18N2O3. The van der Waals surface area contributed by atoms with E-state index in [9.17, 15) is 9.90 Å². The summed E-state index contributed by atoms with van der Waals surface area (Å²) >= 11 is 0. The number of carbonyl (C=O) groups excluding carboxylic acids is 1. The minimum absolute atomic E-state index is 0.168. The molecule has 0 aliphatic rings. The lowest BCUT2D eigenvalue weighted by Crippen LogP contribution is -2.16. The average molecular weight is 322 g/mol. The molecule has 1 unspecified atom stereocenters. The fourth-order valence-corrected chi connectivity index (χ4v) is 2.52. The van der Waals surface area contributed by atoms with Crippen LogP contribution in [0.25, 0.3) is 11.3 Å². The van der Waals surface area contributed by atoms with E-state index < -0.39 is 12.1 Å². The number of methoxy groups -OCH3 is 1. The lowest BCUT2D eigenvalue weighted by atomic mass is 10.1. The van der Waals surface area contributed by atoms with E-state index in [4.69, 9.17) is 4.74 Å². The molecule has 0 spiro atoms. The van der Waals surface area contributed by atoms with E-state index in [0.29, 0.717) is 11.4 Å². The molecule has 1 aromatic heterocycles. The fraction of sp³-hybridized carbons (Fsp3) is 0.158. The number of carbonyl (C=O) groups is 1. The number of ether oxygens (including phenoxy) is 1. The van der Waals surface area contributed by atoms with Crippen LogP contribution < -0.4 is 0 Å². The van der Waals surface area contributed by atoms with Crippen molar-refractivity contribution in [2.24, 2.45) is 0 Å². The summed E-state index contributed by atoms with van der Waals surface area (Å²) in [5.74, 6) is -0.482. The van der Waals surface area contributed by atoms with Crippen molar-refractivity contribution in [2.45, 2.75) is 12.6 Å². The van der Waals surface area contributed by atoms with Crippen molar-refractivity contribution in [1.29, 1.82) is 0 Å². The van der Waals surface area contributed by atoms with Gasteiger partial charge in [0.1, 0.15) is 5.69 Å². The van der Waals surface area contributed by atoms with Crippen LogP contribution >= 0.6 is 0 Å². The number of nitrogens with zero attached hydrogens (tertiary/aromatic N) is 2. The molecule has 0 saturated heterocycles. The summed E-state index contributed by atoms with van der Waals surface area (Å²) in [5.41, 5.74) is 2.64. The van der Waals surface area contributed by atoms with E-state index in [1.54, 1.807) is 6.07 Å². The first-order valence-corrected chi connectivity index (χ1v) is 7.63. The van der Waals surface area contributed by atoms with Gasteiger partial charge in [-0.05, 0) is 11.6 Å². The van der Waals surface area contributed by atoms with E-state index in [0.717, 1.165) is 11.1 Å². The Morgan fingerprint density at radius 3 is 2.38 bits per heavy atom. The van der Waals surface area contributed by atoms with Gasteiger partial charge in [0.25, 0.3) is 0 Å². The van der Waals surface area contributed by atoms with Gasteiger partial charge >= 0.3 is 5.97 Å². The number of hydrogen-bond donors (Lipinski definition) is 1. The molecule has 0 amide bonds. The minimum atomic E-state index is -0.766. The van der Waals surface area contributed by atoms with Crippen molar-refractivity contribution in [3.63, 3.8) is 0 Å². The first-order valence-electron chi connectivity index (χ1n) is 7.63. The highest BCUT2D eigenvalue weighted by atomic mass is 16.5. The summed E-state index contributed by atoms with van der Waals surface area (Å²) in [6, 6.07) is 20.5. The zero-order chi connectivity index (χ0) is 16.9. The monoisotopic (exact) mass is 322 g/mol. The van der Waals surface area contributed by atoms with Gasteiger partial charge < -0.3 is 9.84 Å². The van der Waals surface area contributed by atoms with Crippen molar-refractivity contribution in [2.75, 3.05) is 7.11 Å². The number of hydrogen-bond acceptors (Lipinski definition) is 4. The molecule has 1 heterocycles. The van der Waals surface area contributed by atoms with Crippen LogP contribution in [0, 0.1) is 0 Å². The maximum Gasteiger partial charge on any atom is 0.356 e. The summed E-state index contributed by atoms with van der Waals surface area (Å²) in [5, 5.41) is 14.9. The number of aliphatic hydroxyl groups is 1. The van der Waals surface area contributed by atoms with Crippen molar-refractivity contribution in [3.8, 4) is 11.3 Å². The Hall–Kier alpha value is -2.92. The third-order valence-electron chi connectivity index (χ3n) is 3.77. The standard InChI is InChI=1S/C19H18N2O3/c1-24-19(23)17-12-16(14-8-4-2-5-9-14)20-21(17)13-18(22)15-10-6-3-7-11-15/h2-12,18,22H,13H2,1H3. The van der Waals surface area contributed by atoms with Crippen LogP contribution in [0.2, 0.25) is 0 Å². The molecule has 24 heavy (non-hydrogen) atoms. The van der Waals surface area contributed by atoms with Crippen molar-refractivity contribution in [1.82, 2.24) is 9.78 Å². The van der Waals surface area contributed by atoms with Gasteiger partial charge in [-0.3, -0.25) is 4.68 Å². The summed E-state index contributed by atoms with van der Waals surface area (Å²) in [6.07, 6.45) is -0.766. The van der Waals surface area contributed by atoms with E-state index in [1.807, 2.05) is 60.7 Å². The summed E-state index contributed by atoms with van der Waals surface area (Å²) in [7, 11) is 1.33. The molecule has 122 valence electrons. The summed E-state index contributed by atoms with van der Waals surface area (Å²) in [4.78, 5) is 12.0. The Morgan fingerprint density at radius 2 is 1.75 bits per heavy atom. The van der Waals surface area contributed by atoms with Gasteiger partial charge in [-0.25, -0.2) is 4.79 Å². The van der Waals surface area contributed by atoms with Crippen LogP contribution in [0.3, 0.4) is 0 Å². The molecule has 0 fully saturated rings. The Morgan fingerprint density at radius 1 is 1.12 bits per heavy atom. The molecule has 1 N–H and O–H groups in total. The van der Waals surface area contributed by atoms with Gasteiger partial charge in [0.05, 0.1) is 25.5 Å². The average Bonchev–Trinajstić information content (AvgIpc) is 3.06. The molecule has 5 heteroatoms. The van der Waals surface area contributed by atoms with Crippen LogP contribution in [0.5, 0.6) is 0 Å². The van der Waals surface area contributed by atoms with Gasteiger partial charge in [-0.15, -0.1) is 0 Å². The maximum absolute atomic E-state index is 12.0. The van der Waals surface area contributed by atoms with Crippen molar-refractivity contribution in [3.05, 3.63) is 78.0 Å². The molecule has 5 nitrogen and oxygen atoms in total. The van der Waals surface area contributed by atoms with Gasteiger partial charge in [-0.2, -0.15) is 5.10 Å². The third kappa shape index (κ3) is 3.36. The Labute approximate surface area is 140 Å². The van der Waals surface area contributed by atoms with Gasteiger partial charge in [0.2, 0.25) is 0 Å². The molecule has 0 radical (unpaired) electrons. The number of aromatic nitrogens is 2. The molecular weight excluding hydrogens is 304 g/mol. The number of aliphatic hydroxyl groups excluding tert-OH is 1. The molecule has 0 bridgehead atoms. The Bertz CT molecular complexity index is 813. The van der Waals surface area contributed by atoms with Crippen LogP contribution in [-0.2, 0) is 11.3 Å². The molecule has 3 rings (SSSR count). The third-order valence-corrected chi connectivity index (χ3v) is 3.77. The second-order valence-corrected chi connectivity index (χ2v) is 5.38. The zero-order valence-corrected chi connectivity index (χ0v) is 13.3. The largest absolute Gasteiger partial charge is 0.464 e. The second kappa shape index (κ2) is 7.10. The van der Waals surface area contributed by atoms with E-state index in [2.05, 4.69) is 5.10 Å². The zero-order valence-electron chi connectivity index (χ0n) is 13.3. The van der Waals surface area contributed by atoms with E-state index >= 15 is 0 Å². The Balaban J connectivity index is 1.94. The van der Waals surface area contributed by atoms with Crippen LogP contribution in [0.1, 0.15) is 22.2 Å². The second-order valence-electron chi connectivity index (χ2n) is 5.38. The van der Waals surface area contributed by atoms with Gasteiger partial charge in [-0.1, -0.05) is 60.7 Å². The number of benzene rings is 2. The van der Waals surface area contributed by atoms with Crippen molar-refractivity contribution >= 4 is 5.97 Å². The highest BCUT2D eigenvalue weighted by Crippen LogP contribution is 2.22. The maximum atomic E-state index is 12.0. The van der Waals surface area contributed by atoms with E-state index in [-0.39, 0.29) is 6.54 Å². The smallest absolute Gasteiger partial charge is 0.356 e. The first-order chi connectivity index (χ1) is 11.7. The number of rotatable bonds is 5. The molecule has 0 saturated carbocycles. The highest BCUT2D eigenvalue weighted by Gasteiger charge is 2.19. The minimum Gasteiger partial charge on any atom is -0.464 e. The predicted octanol–water partition coefficient (Wildman–Crippen LogP) is 3.07. The fourth-order valence-electron chi connectivity index (χ4n) is 2.52. The lowest BCUT2D eigenvalue weighted by molar-refractivity contribution is 0.0580. The van der Waals surface area contributed by atoms with Crippen LogP contribution in [0.15, 0.2) is 66.7 Å². The summed E-state index contributed by atoms with van der Waals surface area (Å²) in [6.45, 7) is 0.168. The summed E-state index contributed by atoms with van der Waals surface area (Å²) < 4.78 is 6.32. The predicted molar refractivity (Wildman–Crippen MR) is 90.4 cm³/mol. The topological polar surface area (TPSA) is 64.3 Å². The van der Waals surface area contributed by atoms with Crippen molar-refractivity contribution < 1.29 is 14.6 Å². The highest BCUT2D eigenvalue weighted by molar-refractivity contribution is 5.89. The molecule has 0 aliphatic heterocycles. The number of esters is 1.